The van der Waals surface area contributed by atoms with Gasteiger partial charge in [-0.3, -0.25) is 0 Å². The van der Waals surface area contributed by atoms with E-state index in [2.05, 4.69) is 23.0 Å². The van der Waals surface area contributed by atoms with Crippen LogP contribution in [0.2, 0.25) is 5.28 Å². The summed E-state index contributed by atoms with van der Waals surface area (Å²) in [6, 6.07) is 7.97. The molecule has 3 aromatic rings. The summed E-state index contributed by atoms with van der Waals surface area (Å²) in [7, 11) is 0. The van der Waals surface area contributed by atoms with Crippen LogP contribution >= 0.6 is 22.9 Å². The molecule has 0 saturated carbocycles. The second-order valence-corrected chi connectivity index (χ2v) is 5.54. The van der Waals surface area contributed by atoms with Crippen LogP contribution < -0.4 is 4.74 Å². The van der Waals surface area contributed by atoms with Crippen LogP contribution in [-0.4, -0.2) is 9.97 Å². The minimum atomic E-state index is 0.203. The minimum absolute atomic E-state index is 0.203. The highest BCUT2D eigenvalue weighted by Crippen LogP contribution is 2.32. The molecule has 19 heavy (non-hydrogen) atoms. The van der Waals surface area contributed by atoms with Crippen molar-refractivity contribution >= 4 is 33.2 Å². The highest BCUT2D eigenvalue weighted by molar-refractivity contribution is 7.16. The minimum Gasteiger partial charge on any atom is -0.438 e. The third kappa shape index (κ3) is 2.41. The van der Waals surface area contributed by atoms with Crippen molar-refractivity contribution in [3.8, 4) is 11.6 Å². The van der Waals surface area contributed by atoms with E-state index in [1.165, 1.54) is 16.9 Å². The molecule has 0 fully saturated rings. The van der Waals surface area contributed by atoms with Gasteiger partial charge in [0.2, 0.25) is 11.2 Å². The van der Waals surface area contributed by atoms with E-state index in [4.69, 9.17) is 16.3 Å². The summed E-state index contributed by atoms with van der Waals surface area (Å²) < 4.78 is 5.89. The lowest BCUT2D eigenvalue weighted by Gasteiger charge is -2.09. The number of hydrogen-bond acceptors (Lipinski definition) is 4. The number of fused-ring (bicyclic) bond motifs is 1. The Bertz CT molecular complexity index is 754. The number of benzene rings is 1. The fourth-order valence-electron chi connectivity index (χ4n) is 1.90. The molecule has 2 aromatic heterocycles. The summed E-state index contributed by atoms with van der Waals surface area (Å²) in [5.74, 6) is 1.29. The number of aromatic nitrogens is 2. The van der Waals surface area contributed by atoms with Crippen molar-refractivity contribution in [2.24, 2.45) is 0 Å². The van der Waals surface area contributed by atoms with Gasteiger partial charge in [-0.15, -0.1) is 11.3 Å². The molecule has 0 unspecified atom stereocenters. The number of hydrogen-bond donors (Lipinski definition) is 0. The summed E-state index contributed by atoms with van der Waals surface area (Å²) in [6.07, 6.45) is 0. The Labute approximate surface area is 119 Å². The van der Waals surface area contributed by atoms with E-state index in [1.807, 2.05) is 30.5 Å². The van der Waals surface area contributed by atoms with Gasteiger partial charge in [-0.2, -0.15) is 4.98 Å². The standard InChI is InChI=1S/C14H11ClN2OS/c1-8-3-4-11(9(2)7-8)18-12-10-5-6-19-13(10)17-14(15)16-12/h3-7H,1-2H3. The Hall–Kier alpha value is -1.65. The van der Waals surface area contributed by atoms with E-state index in [9.17, 15) is 0 Å². The van der Waals surface area contributed by atoms with E-state index in [0.717, 1.165) is 21.5 Å². The molecular formula is C14H11ClN2OS. The Morgan fingerprint density at radius 1 is 1.16 bits per heavy atom. The second kappa shape index (κ2) is 4.79. The van der Waals surface area contributed by atoms with E-state index >= 15 is 0 Å². The number of ether oxygens (including phenoxy) is 1. The van der Waals surface area contributed by atoms with Gasteiger partial charge >= 0.3 is 0 Å². The Morgan fingerprint density at radius 2 is 2.00 bits per heavy atom. The number of thiophene rings is 1. The van der Waals surface area contributed by atoms with Crippen LogP contribution in [0.15, 0.2) is 29.6 Å². The maximum atomic E-state index is 5.92. The zero-order chi connectivity index (χ0) is 13.4. The van der Waals surface area contributed by atoms with Crippen LogP contribution in [0.1, 0.15) is 11.1 Å². The fourth-order valence-corrected chi connectivity index (χ4v) is 2.87. The van der Waals surface area contributed by atoms with Crippen molar-refractivity contribution in [1.29, 1.82) is 0 Å². The summed E-state index contributed by atoms with van der Waals surface area (Å²) in [5.41, 5.74) is 2.27. The highest BCUT2D eigenvalue weighted by Gasteiger charge is 2.11. The van der Waals surface area contributed by atoms with Crippen LogP contribution in [0.25, 0.3) is 10.2 Å². The largest absolute Gasteiger partial charge is 0.438 e. The van der Waals surface area contributed by atoms with Crippen molar-refractivity contribution in [2.75, 3.05) is 0 Å². The van der Waals surface area contributed by atoms with Gasteiger partial charge in [-0.1, -0.05) is 17.7 Å². The van der Waals surface area contributed by atoms with Gasteiger partial charge in [0.1, 0.15) is 10.6 Å². The number of aryl methyl sites for hydroxylation is 2. The lowest BCUT2D eigenvalue weighted by atomic mass is 10.1. The maximum absolute atomic E-state index is 5.92. The summed E-state index contributed by atoms with van der Waals surface area (Å²) in [4.78, 5) is 9.17. The van der Waals surface area contributed by atoms with Gasteiger partial charge in [0, 0.05) is 0 Å². The van der Waals surface area contributed by atoms with Crippen LogP contribution in [0.4, 0.5) is 0 Å². The van der Waals surface area contributed by atoms with Gasteiger partial charge in [0.05, 0.1) is 5.39 Å². The second-order valence-electron chi connectivity index (χ2n) is 4.31. The van der Waals surface area contributed by atoms with E-state index < -0.39 is 0 Å². The Kier molecular flexibility index (Phi) is 3.12. The molecule has 0 spiro atoms. The zero-order valence-electron chi connectivity index (χ0n) is 10.5. The van der Waals surface area contributed by atoms with Crippen LogP contribution in [0, 0.1) is 13.8 Å². The molecule has 0 atom stereocenters. The average molecular weight is 291 g/mol. The third-order valence-corrected chi connectivity index (χ3v) is 3.78. The van der Waals surface area contributed by atoms with Crippen LogP contribution in [-0.2, 0) is 0 Å². The first-order chi connectivity index (χ1) is 9.13. The normalized spacial score (nSPS) is 10.9. The number of nitrogens with zero attached hydrogens (tertiary/aromatic N) is 2. The molecule has 3 nitrogen and oxygen atoms in total. The monoisotopic (exact) mass is 290 g/mol. The molecule has 0 bridgehead atoms. The topological polar surface area (TPSA) is 35.0 Å². The van der Waals surface area contributed by atoms with Crippen LogP contribution in [0.3, 0.4) is 0 Å². The number of halogens is 1. The van der Waals surface area contributed by atoms with Gasteiger partial charge in [0.15, 0.2) is 0 Å². The van der Waals surface area contributed by atoms with Gasteiger partial charge < -0.3 is 4.74 Å². The van der Waals surface area contributed by atoms with E-state index in [0.29, 0.717) is 5.88 Å². The van der Waals surface area contributed by atoms with E-state index in [1.54, 1.807) is 0 Å². The average Bonchev–Trinajstić information content (AvgIpc) is 2.80. The number of rotatable bonds is 2. The molecule has 0 saturated heterocycles. The van der Waals surface area contributed by atoms with Crippen molar-refractivity contribution in [3.05, 3.63) is 46.1 Å². The molecule has 0 aliphatic heterocycles. The molecule has 3 rings (SSSR count). The molecule has 0 radical (unpaired) electrons. The van der Waals surface area contributed by atoms with Crippen LogP contribution in [0.5, 0.6) is 11.6 Å². The fraction of sp³-hybridized carbons (Fsp3) is 0.143. The molecule has 1 aromatic carbocycles. The molecule has 96 valence electrons. The first-order valence-corrected chi connectivity index (χ1v) is 7.05. The lowest BCUT2D eigenvalue weighted by Crippen LogP contribution is -1.93. The molecule has 0 amide bonds. The molecule has 0 N–H and O–H groups in total. The maximum Gasteiger partial charge on any atom is 0.232 e. The van der Waals surface area contributed by atoms with Gasteiger partial charge in [0.25, 0.3) is 0 Å². The Morgan fingerprint density at radius 3 is 2.79 bits per heavy atom. The summed E-state index contributed by atoms with van der Waals surface area (Å²) in [6.45, 7) is 4.06. The smallest absolute Gasteiger partial charge is 0.232 e. The van der Waals surface area contributed by atoms with E-state index in [-0.39, 0.29) is 5.28 Å². The first kappa shape index (κ1) is 12.4. The third-order valence-electron chi connectivity index (χ3n) is 2.80. The summed E-state index contributed by atoms with van der Waals surface area (Å²) >= 11 is 7.43. The SMILES string of the molecule is Cc1ccc(Oc2nc(Cl)nc3sccc23)c(C)c1. The lowest BCUT2D eigenvalue weighted by molar-refractivity contribution is 0.465. The van der Waals surface area contributed by atoms with Gasteiger partial charge in [-0.05, 0) is 48.5 Å². The molecule has 0 aliphatic rings. The van der Waals surface area contributed by atoms with Crippen molar-refractivity contribution < 1.29 is 4.74 Å². The molecule has 2 heterocycles. The summed E-state index contributed by atoms with van der Waals surface area (Å²) in [5, 5.41) is 3.04. The zero-order valence-corrected chi connectivity index (χ0v) is 12.0. The van der Waals surface area contributed by atoms with Crippen molar-refractivity contribution in [3.63, 3.8) is 0 Å². The highest BCUT2D eigenvalue weighted by atomic mass is 35.5. The predicted molar refractivity (Wildman–Crippen MR) is 78.4 cm³/mol. The quantitative estimate of drug-likeness (QED) is 0.639. The first-order valence-electron chi connectivity index (χ1n) is 5.79. The molecular weight excluding hydrogens is 280 g/mol. The van der Waals surface area contributed by atoms with Crippen molar-refractivity contribution in [2.45, 2.75) is 13.8 Å². The molecule has 5 heteroatoms. The Balaban J connectivity index is 2.07. The van der Waals surface area contributed by atoms with Gasteiger partial charge in [-0.25, -0.2) is 4.98 Å². The van der Waals surface area contributed by atoms with Crippen molar-refractivity contribution in [1.82, 2.24) is 9.97 Å². The predicted octanol–water partition coefficient (Wildman–Crippen LogP) is 4.75. The molecule has 0 aliphatic carbocycles.